The fourth-order valence-electron chi connectivity index (χ4n) is 2.42. The van der Waals surface area contributed by atoms with E-state index in [1.807, 2.05) is 11.3 Å². The molecule has 0 aromatic carbocycles. The first-order valence-corrected chi connectivity index (χ1v) is 8.17. The molecule has 106 valence electrons. The summed E-state index contributed by atoms with van der Waals surface area (Å²) in [6.07, 6.45) is 4.81. The van der Waals surface area contributed by atoms with Gasteiger partial charge in [-0.15, -0.1) is 11.3 Å². The Kier molecular flexibility index (Phi) is 5.61. The average molecular weight is 278 g/mol. The van der Waals surface area contributed by atoms with Crippen LogP contribution in [0.15, 0.2) is 17.7 Å². The quantitative estimate of drug-likeness (QED) is 0.630. The predicted molar refractivity (Wildman–Crippen MR) is 84.7 cm³/mol. The zero-order valence-electron chi connectivity index (χ0n) is 12.5. The highest BCUT2D eigenvalue weighted by Gasteiger charge is 2.12. The summed E-state index contributed by atoms with van der Waals surface area (Å²) in [5, 5.41) is 3.49. The maximum absolute atomic E-state index is 3.49. The average Bonchev–Trinajstić information content (AvgIpc) is 2.73. The van der Waals surface area contributed by atoms with Crippen molar-refractivity contribution in [2.45, 2.75) is 46.7 Å². The number of rotatable bonds is 6. The molecule has 0 saturated carbocycles. The van der Waals surface area contributed by atoms with Gasteiger partial charge >= 0.3 is 0 Å². The minimum Gasteiger partial charge on any atom is -0.312 e. The zero-order valence-corrected chi connectivity index (χ0v) is 13.3. The van der Waals surface area contributed by atoms with Crippen LogP contribution in [0.4, 0.5) is 0 Å². The molecule has 0 bridgehead atoms. The summed E-state index contributed by atoms with van der Waals surface area (Å²) in [4.78, 5) is 5.51. The van der Waals surface area contributed by atoms with Crippen LogP contribution in [0.5, 0.6) is 0 Å². The minimum absolute atomic E-state index is 1.03. The Morgan fingerprint density at radius 1 is 1.37 bits per heavy atom. The van der Waals surface area contributed by atoms with Gasteiger partial charge in [0.15, 0.2) is 0 Å². The fourth-order valence-corrected chi connectivity index (χ4v) is 3.44. The summed E-state index contributed by atoms with van der Waals surface area (Å²) in [7, 11) is 0. The number of nitrogens with one attached hydrogen (secondary N) is 1. The second kappa shape index (κ2) is 7.22. The molecule has 1 aliphatic rings. The van der Waals surface area contributed by atoms with Gasteiger partial charge in [0.2, 0.25) is 0 Å². The molecule has 1 aromatic rings. The molecule has 0 spiro atoms. The first-order chi connectivity index (χ1) is 9.19. The number of hydrogen-bond acceptors (Lipinski definition) is 3. The monoisotopic (exact) mass is 278 g/mol. The van der Waals surface area contributed by atoms with Crippen LogP contribution in [-0.4, -0.2) is 24.5 Å². The number of hydrogen-bond donors (Lipinski definition) is 1. The van der Waals surface area contributed by atoms with Crippen molar-refractivity contribution in [1.29, 1.82) is 0 Å². The molecular weight excluding hydrogens is 252 g/mol. The molecule has 2 nitrogen and oxygen atoms in total. The van der Waals surface area contributed by atoms with Crippen molar-refractivity contribution in [3.05, 3.63) is 33.0 Å². The topological polar surface area (TPSA) is 15.3 Å². The summed E-state index contributed by atoms with van der Waals surface area (Å²) in [6, 6.07) is 2.40. The third-order valence-electron chi connectivity index (χ3n) is 3.71. The Bertz CT molecular complexity index is 434. The van der Waals surface area contributed by atoms with E-state index in [0.717, 1.165) is 26.2 Å². The number of nitrogens with zero attached hydrogens (tertiary/aromatic N) is 1. The Morgan fingerprint density at radius 2 is 2.21 bits per heavy atom. The van der Waals surface area contributed by atoms with Crippen molar-refractivity contribution in [2.24, 2.45) is 0 Å². The summed E-state index contributed by atoms with van der Waals surface area (Å²) >= 11 is 1.95. The number of thiophene rings is 1. The van der Waals surface area contributed by atoms with Crippen molar-refractivity contribution in [2.75, 3.05) is 19.6 Å². The first kappa shape index (κ1) is 14.8. The molecule has 0 atom stereocenters. The van der Waals surface area contributed by atoms with Crippen LogP contribution in [-0.2, 0) is 13.1 Å². The van der Waals surface area contributed by atoms with Gasteiger partial charge in [0.1, 0.15) is 0 Å². The van der Waals surface area contributed by atoms with Crippen LogP contribution in [0.3, 0.4) is 0 Å². The lowest BCUT2D eigenvalue weighted by atomic mass is 10.1. The molecule has 1 N–H and O–H groups in total. The smallest absolute Gasteiger partial charge is 0.0299 e. The molecule has 2 rings (SSSR count). The van der Waals surface area contributed by atoms with Crippen molar-refractivity contribution in [1.82, 2.24) is 10.2 Å². The molecule has 2 heterocycles. The highest BCUT2D eigenvalue weighted by molar-refractivity contribution is 7.12. The van der Waals surface area contributed by atoms with E-state index in [4.69, 9.17) is 0 Å². The van der Waals surface area contributed by atoms with Gasteiger partial charge in [0.05, 0.1) is 0 Å². The number of aryl methyl sites for hydroxylation is 1. The molecule has 0 aliphatic carbocycles. The summed E-state index contributed by atoms with van der Waals surface area (Å²) in [6.45, 7) is 12.3. The molecule has 0 radical (unpaired) electrons. The highest BCUT2D eigenvalue weighted by Crippen LogP contribution is 2.24. The van der Waals surface area contributed by atoms with E-state index >= 15 is 0 Å². The predicted octanol–water partition coefficient (Wildman–Crippen LogP) is 3.71. The molecule has 1 aromatic heterocycles. The van der Waals surface area contributed by atoms with Crippen LogP contribution in [0.1, 0.15) is 42.0 Å². The van der Waals surface area contributed by atoms with Gasteiger partial charge in [-0.05, 0) is 44.9 Å². The second-order valence-corrected chi connectivity index (χ2v) is 6.85. The summed E-state index contributed by atoms with van der Waals surface area (Å²) < 4.78 is 0. The van der Waals surface area contributed by atoms with Gasteiger partial charge in [0.25, 0.3) is 0 Å². The van der Waals surface area contributed by atoms with Gasteiger partial charge in [-0.1, -0.05) is 18.6 Å². The lowest BCUT2D eigenvalue weighted by Gasteiger charge is -2.25. The Balaban J connectivity index is 1.89. The molecule has 0 unspecified atom stereocenters. The standard InChI is InChI=1S/C16H26N2S/c1-4-7-17-11-16-10-15(14(3)19-16)12-18-8-5-13(2)6-9-18/h5,10,17H,4,6-9,11-12H2,1-3H3. The highest BCUT2D eigenvalue weighted by atomic mass is 32.1. The lowest BCUT2D eigenvalue weighted by molar-refractivity contribution is 0.286. The molecule has 1 aliphatic heterocycles. The normalized spacial score (nSPS) is 16.7. The Labute approximate surface area is 121 Å². The van der Waals surface area contributed by atoms with Gasteiger partial charge in [0, 0.05) is 35.9 Å². The maximum Gasteiger partial charge on any atom is 0.0299 e. The van der Waals surface area contributed by atoms with E-state index in [0.29, 0.717) is 0 Å². The van der Waals surface area contributed by atoms with Gasteiger partial charge < -0.3 is 5.32 Å². The Morgan fingerprint density at radius 3 is 2.89 bits per heavy atom. The van der Waals surface area contributed by atoms with Crippen molar-refractivity contribution >= 4 is 11.3 Å². The lowest BCUT2D eigenvalue weighted by Crippen LogP contribution is -2.27. The van der Waals surface area contributed by atoms with E-state index in [9.17, 15) is 0 Å². The molecule has 0 fully saturated rings. The third kappa shape index (κ3) is 4.44. The van der Waals surface area contributed by atoms with Gasteiger partial charge in [-0.25, -0.2) is 0 Å². The van der Waals surface area contributed by atoms with Crippen molar-refractivity contribution < 1.29 is 0 Å². The first-order valence-electron chi connectivity index (χ1n) is 7.36. The Hall–Kier alpha value is -0.640. The van der Waals surface area contributed by atoms with Crippen molar-refractivity contribution in [3.63, 3.8) is 0 Å². The third-order valence-corrected chi connectivity index (χ3v) is 4.80. The largest absolute Gasteiger partial charge is 0.312 e. The van der Waals surface area contributed by atoms with E-state index in [2.05, 4.69) is 43.1 Å². The molecule has 0 amide bonds. The molecule has 0 saturated heterocycles. The van der Waals surface area contributed by atoms with Crippen LogP contribution in [0, 0.1) is 6.92 Å². The van der Waals surface area contributed by atoms with E-state index in [1.165, 1.54) is 34.7 Å². The van der Waals surface area contributed by atoms with E-state index in [1.54, 1.807) is 5.57 Å². The molecular formula is C16H26N2S. The van der Waals surface area contributed by atoms with Gasteiger partial charge in [-0.2, -0.15) is 0 Å². The zero-order chi connectivity index (χ0) is 13.7. The second-order valence-electron chi connectivity index (χ2n) is 5.51. The van der Waals surface area contributed by atoms with Crippen LogP contribution in [0.25, 0.3) is 0 Å². The summed E-state index contributed by atoms with van der Waals surface area (Å²) in [5.74, 6) is 0. The van der Waals surface area contributed by atoms with E-state index in [-0.39, 0.29) is 0 Å². The minimum atomic E-state index is 1.03. The maximum atomic E-state index is 3.49. The molecule has 3 heteroatoms. The summed E-state index contributed by atoms with van der Waals surface area (Å²) in [5.41, 5.74) is 3.06. The SMILES string of the molecule is CCCNCc1cc(CN2CC=C(C)CC2)c(C)s1. The van der Waals surface area contributed by atoms with Crippen LogP contribution in [0.2, 0.25) is 0 Å². The van der Waals surface area contributed by atoms with E-state index < -0.39 is 0 Å². The molecule has 19 heavy (non-hydrogen) atoms. The van der Waals surface area contributed by atoms with Gasteiger partial charge in [-0.3, -0.25) is 4.90 Å². The van der Waals surface area contributed by atoms with Crippen LogP contribution < -0.4 is 5.32 Å². The van der Waals surface area contributed by atoms with Crippen molar-refractivity contribution in [3.8, 4) is 0 Å². The fraction of sp³-hybridized carbons (Fsp3) is 0.625. The van der Waals surface area contributed by atoms with Crippen LogP contribution >= 0.6 is 11.3 Å².